The van der Waals surface area contributed by atoms with Crippen LogP contribution >= 0.6 is 0 Å². The zero-order valence-corrected chi connectivity index (χ0v) is 11.1. The monoisotopic (exact) mass is 269 g/mol. The van der Waals surface area contributed by atoms with Crippen molar-refractivity contribution in [2.24, 2.45) is 0 Å². The SMILES string of the molecule is CCN(CC)c1c(S(=O)(=O)O)ccc2ccoc12. The largest absolute Gasteiger partial charge is 0.462 e. The van der Waals surface area contributed by atoms with Gasteiger partial charge in [-0.3, -0.25) is 4.55 Å². The van der Waals surface area contributed by atoms with Crippen molar-refractivity contribution in [1.82, 2.24) is 0 Å². The number of furan rings is 1. The topological polar surface area (TPSA) is 70.8 Å². The van der Waals surface area contributed by atoms with Crippen molar-refractivity contribution in [3.05, 3.63) is 24.5 Å². The van der Waals surface area contributed by atoms with Crippen LogP contribution in [0, 0.1) is 0 Å². The highest BCUT2D eigenvalue weighted by molar-refractivity contribution is 7.86. The maximum Gasteiger partial charge on any atom is 0.296 e. The van der Waals surface area contributed by atoms with Gasteiger partial charge in [0.2, 0.25) is 0 Å². The van der Waals surface area contributed by atoms with Crippen LogP contribution in [0.4, 0.5) is 5.69 Å². The number of benzene rings is 1. The van der Waals surface area contributed by atoms with Crippen LogP contribution < -0.4 is 4.90 Å². The van der Waals surface area contributed by atoms with Gasteiger partial charge in [0.15, 0.2) is 5.58 Å². The molecule has 0 fully saturated rings. The molecule has 1 heterocycles. The Hall–Kier alpha value is -1.53. The van der Waals surface area contributed by atoms with E-state index in [1.807, 2.05) is 18.7 Å². The molecule has 0 spiro atoms. The number of fused-ring (bicyclic) bond motifs is 1. The predicted octanol–water partition coefficient (Wildman–Crippen LogP) is 2.53. The minimum Gasteiger partial charge on any atom is -0.462 e. The Bertz CT molecular complexity index is 656. The summed E-state index contributed by atoms with van der Waals surface area (Å²) in [5.74, 6) is 0. The second-order valence-electron chi connectivity index (χ2n) is 3.90. The molecule has 0 aliphatic rings. The number of anilines is 1. The molecule has 0 unspecified atom stereocenters. The summed E-state index contributed by atoms with van der Waals surface area (Å²) >= 11 is 0. The molecule has 1 aromatic heterocycles. The third-order valence-corrected chi connectivity index (χ3v) is 3.80. The summed E-state index contributed by atoms with van der Waals surface area (Å²) in [5.41, 5.74) is 0.902. The van der Waals surface area contributed by atoms with E-state index >= 15 is 0 Å². The number of nitrogens with zero attached hydrogens (tertiary/aromatic N) is 1. The fourth-order valence-electron chi connectivity index (χ4n) is 2.05. The van der Waals surface area contributed by atoms with E-state index in [1.165, 1.54) is 12.3 Å². The minimum absolute atomic E-state index is 0.117. The Balaban J connectivity index is 2.82. The summed E-state index contributed by atoms with van der Waals surface area (Å²) in [6.07, 6.45) is 1.51. The fraction of sp³-hybridized carbons (Fsp3) is 0.333. The van der Waals surface area contributed by atoms with E-state index in [0.29, 0.717) is 24.4 Å². The molecule has 5 nitrogen and oxygen atoms in total. The molecule has 1 N–H and O–H groups in total. The summed E-state index contributed by atoms with van der Waals surface area (Å²) in [6.45, 7) is 5.08. The Morgan fingerprint density at radius 1 is 1.22 bits per heavy atom. The lowest BCUT2D eigenvalue weighted by molar-refractivity contribution is 0.483. The molecule has 2 aromatic rings. The van der Waals surface area contributed by atoms with Crippen molar-refractivity contribution in [1.29, 1.82) is 0 Å². The lowest BCUT2D eigenvalue weighted by Crippen LogP contribution is -2.24. The zero-order valence-electron chi connectivity index (χ0n) is 10.3. The number of hydrogen-bond acceptors (Lipinski definition) is 4. The molecular formula is C12H15NO4S. The predicted molar refractivity (Wildman–Crippen MR) is 69.6 cm³/mol. The molecular weight excluding hydrogens is 254 g/mol. The lowest BCUT2D eigenvalue weighted by Gasteiger charge is -2.23. The van der Waals surface area contributed by atoms with Crippen molar-refractivity contribution in [2.75, 3.05) is 18.0 Å². The van der Waals surface area contributed by atoms with Crippen LogP contribution in [-0.4, -0.2) is 26.1 Å². The molecule has 1 aromatic carbocycles. The third kappa shape index (κ3) is 2.09. The molecule has 0 radical (unpaired) electrons. The van der Waals surface area contributed by atoms with Crippen LogP contribution in [0.2, 0.25) is 0 Å². The molecule has 0 saturated carbocycles. The molecule has 98 valence electrons. The molecule has 0 aliphatic heterocycles. The summed E-state index contributed by atoms with van der Waals surface area (Å²) in [7, 11) is -4.27. The Morgan fingerprint density at radius 3 is 2.44 bits per heavy atom. The standard InChI is InChI=1S/C12H15NO4S/c1-3-13(4-2)11-10(18(14,15)16)6-5-9-7-8-17-12(9)11/h5-8H,3-4H2,1-2H3,(H,14,15,16). The normalized spacial score (nSPS) is 11.9. The first kappa shape index (κ1) is 12.9. The van der Waals surface area contributed by atoms with E-state index in [-0.39, 0.29) is 4.90 Å². The van der Waals surface area contributed by atoms with E-state index in [9.17, 15) is 13.0 Å². The van der Waals surface area contributed by atoms with E-state index in [1.54, 1.807) is 12.1 Å². The van der Waals surface area contributed by atoms with Gasteiger partial charge < -0.3 is 9.32 Å². The van der Waals surface area contributed by atoms with Gasteiger partial charge in [0, 0.05) is 18.5 Å². The van der Waals surface area contributed by atoms with Gasteiger partial charge >= 0.3 is 0 Å². The molecule has 6 heteroatoms. The van der Waals surface area contributed by atoms with Crippen LogP contribution in [0.5, 0.6) is 0 Å². The zero-order chi connectivity index (χ0) is 13.3. The van der Waals surface area contributed by atoms with Crippen LogP contribution in [0.3, 0.4) is 0 Å². The second-order valence-corrected chi connectivity index (χ2v) is 5.29. The minimum atomic E-state index is -4.27. The number of rotatable bonds is 4. The molecule has 0 saturated heterocycles. The molecule has 0 bridgehead atoms. The van der Waals surface area contributed by atoms with E-state index in [2.05, 4.69) is 0 Å². The van der Waals surface area contributed by atoms with E-state index < -0.39 is 10.1 Å². The van der Waals surface area contributed by atoms with E-state index in [4.69, 9.17) is 4.42 Å². The molecule has 18 heavy (non-hydrogen) atoms. The molecule has 0 amide bonds. The Morgan fingerprint density at radius 2 is 1.89 bits per heavy atom. The van der Waals surface area contributed by atoms with Crippen LogP contribution in [0.15, 0.2) is 33.8 Å². The first-order valence-corrected chi connectivity index (χ1v) is 7.15. The second kappa shape index (κ2) is 4.62. The third-order valence-electron chi connectivity index (χ3n) is 2.92. The Labute approximate surface area is 106 Å². The van der Waals surface area contributed by atoms with Gasteiger partial charge in [0.25, 0.3) is 10.1 Å². The highest BCUT2D eigenvalue weighted by atomic mass is 32.2. The summed E-state index contributed by atoms with van der Waals surface area (Å²) < 4.78 is 37.5. The maximum absolute atomic E-state index is 11.4. The first-order chi connectivity index (χ1) is 8.49. The average Bonchev–Trinajstić information content (AvgIpc) is 2.77. The fourth-order valence-corrected chi connectivity index (χ4v) is 2.75. The van der Waals surface area contributed by atoms with Crippen LogP contribution in [0.25, 0.3) is 11.0 Å². The molecule has 0 aliphatic carbocycles. The van der Waals surface area contributed by atoms with Crippen molar-refractivity contribution < 1.29 is 17.4 Å². The summed E-state index contributed by atoms with van der Waals surface area (Å²) in [6, 6.07) is 4.78. The average molecular weight is 269 g/mol. The van der Waals surface area contributed by atoms with Gasteiger partial charge in [-0.05, 0) is 32.0 Å². The van der Waals surface area contributed by atoms with Gasteiger partial charge in [0.1, 0.15) is 10.6 Å². The van der Waals surface area contributed by atoms with Crippen LogP contribution in [-0.2, 0) is 10.1 Å². The van der Waals surface area contributed by atoms with Crippen molar-refractivity contribution >= 4 is 26.8 Å². The first-order valence-electron chi connectivity index (χ1n) is 5.71. The maximum atomic E-state index is 11.4. The van der Waals surface area contributed by atoms with E-state index in [0.717, 1.165) is 5.39 Å². The van der Waals surface area contributed by atoms with Crippen molar-refractivity contribution in [3.8, 4) is 0 Å². The van der Waals surface area contributed by atoms with Crippen molar-refractivity contribution in [2.45, 2.75) is 18.7 Å². The summed E-state index contributed by atoms with van der Waals surface area (Å²) in [4.78, 5) is 1.73. The van der Waals surface area contributed by atoms with Gasteiger partial charge in [-0.15, -0.1) is 0 Å². The van der Waals surface area contributed by atoms with Gasteiger partial charge in [-0.25, -0.2) is 0 Å². The molecule has 0 atom stereocenters. The molecule has 2 rings (SSSR count). The van der Waals surface area contributed by atoms with Crippen LogP contribution in [0.1, 0.15) is 13.8 Å². The highest BCUT2D eigenvalue weighted by Gasteiger charge is 2.22. The van der Waals surface area contributed by atoms with Gasteiger partial charge in [0.05, 0.1) is 6.26 Å². The van der Waals surface area contributed by atoms with Crippen molar-refractivity contribution in [3.63, 3.8) is 0 Å². The number of hydrogen-bond donors (Lipinski definition) is 1. The quantitative estimate of drug-likeness (QED) is 0.864. The highest BCUT2D eigenvalue weighted by Crippen LogP contribution is 2.34. The van der Waals surface area contributed by atoms with Gasteiger partial charge in [-0.2, -0.15) is 8.42 Å². The Kier molecular flexibility index (Phi) is 3.32. The smallest absolute Gasteiger partial charge is 0.296 e. The lowest BCUT2D eigenvalue weighted by atomic mass is 10.2. The summed E-state index contributed by atoms with van der Waals surface area (Å²) in [5, 5.41) is 0.810. The van der Waals surface area contributed by atoms with Gasteiger partial charge in [-0.1, -0.05) is 0 Å².